The number of nitro groups is 1. The van der Waals surface area contributed by atoms with Crippen molar-refractivity contribution in [2.75, 3.05) is 18.4 Å². The largest absolute Gasteiger partial charge is 0.322 e. The molecular formula is C12H12BrN3O3. The highest BCUT2D eigenvalue weighted by Gasteiger charge is 2.17. The molecule has 2 N–H and O–H groups in total. The Labute approximate surface area is 118 Å². The van der Waals surface area contributed by atoms with Crippen LogP contribution in [0, 0.1) is 10.1 Å². The summed E-state index contributed by atoms with van der Waals surface area (Å²) in [6, 6.07) is 4.49. The lowest BCUT2D eigenvalue weighted by Crippen LogP contribution is -2.36. The molecule has 1 heterocycles. The summed E-state index contributed by atoms with van der Waals surface area (Å²) in [5.41, 5.74) is 2.05. The zero-order chi connectivity index (χ0) is 14.0. The Kier molecular flexibility index (Phi) is 3.96. The van der Waals surface area contributed by atoms with Crippen molar-refractivity contribution in [2.24, 2.45) is 0 Å². The zero-order valence-electron chi connectivity index (χ0n) is 10.2. The first-order valence-corrected chi connectivity index (χ1v) is 6.43. The highest BCUT2D eigenvalue weighted by Crippen LogP contribution is 2.28. The number of nitrogens with one attached hydrogen (secondary N) is 2. The fraction of sp³-hybridized carbons (Fsp3) is 0.250. The summed E-state index contributed by atoms with van der Waals surface area (Å²) in [5.74, 6) is -0.229. The lowest BCUT2D eigenvalue weighted by molar-refractivity contribution is -0.385. The SMILES string of the molecule is CC(C(=O)Nc1ccc(Br)c([N+](=O)[O-])c1)=C1CNC1. The first kappa shape index (κ1) is 13.7. The van der Waals surface area contributed by atoms with Gasteiger partial charge in [0.1, 0.15) is 0 Å². The van der Waals surface area contributed by atoms with Gasteiger partial charge in [-0.05, 0) is 40.6 Å². The molecule has 1 aliphatic heterocycles. The summed E-state index contributed by atoms with van der Waals surface area (Å²) in [7, 11) is 0. The molecule has 0 aliphatic carbocycles. The van der Waals surface area contributed by atoms with Crippen LogP contribution in [0.25, 0.3) is 0 Å². The van der Waals surface area contributed by atoms with Crippen molar-refractivity contribution in [3.05, 3.63) is 43.9 Å². The summed E-state index contributed by atoms with van der Waals surface area (Å²) in [5, 5.41) is 16.5. The van der Waals surface area contributed by atoms with Crippen LogP contribution in [0.2, 0.25) is 0 Å². The molecular weight excluding hydrogens is 314 g/mol. The molecule has 19 heavy (non-hydrogen) atoms. The molecule has 1 amide bonds. The summed E-state index contributed by atoms with van der Waals surface area (Å²) >= 11 is 3.10. The van der Waals surface area contributed by atoms with Gasteiger partial charge in [-0.15, -0.1) is 0 Å². The number of anilines is 1. The number of nitro benzene ring substituents is 1. The van der Waals surface area contributed by atoms with Crippen LogP contribution in [-0.4, -0.2) is 23.9 Å². The Balaban J connectivity index is 2.17. The third-order valence-corrected chi connectivity index (χ3v) is 3.62. The number of rotatable bonds is 3. The van der Waals surface area contributed by atoms with E-state index in [9.17, 15) is 14.9 Å². The van der Waals surface area contributed by atoms with E-state index in [1.165, 1.54) is 6.07 Å². The van der Waals surface area contributed by atoms with Crippen LogP contribution >= 0.6 is 15.9 Å². The molecule has 2 rings (SSSR count). The number of halogens is 1. The topological polar surface area (TPSA) is 84.3 Å². The van der Waals surface area contributed by atoms with Crippen LogP contribution < -0.4 is 10.6 Å². The second kappa shape index (κ2) is 5.50. The standard InChI is InChI=1S/C12H12BrN3O3/c1-7(8-5-14-6-8)12(17)15-9-2-3-10(13)11(4-9)16(18)19/h2-4,14H,5-6H2,1H3,(H,15,17). The molecule has 0 radical (unpaired) electrons. The van der Waals surface area contributed by atoms with Gasteiger partial charge >= 0.3 is 0 Å². The molecule has 1 aromatic rings. The first-order chi connectivity index (χ1) is 8.99. The Hall–Kier alpha value is -1.73. The molecule has 0 spiro atoms. The normalized spacial score (nSPS) is 13.7. The van der Waals surface area contributed by atoms with Gasteiger partial charge in [-0.3, -0.25) is 14.9 Å². The van der Waals surface area contributed by atoms with E-state index in [2.05, 4.69) is 26.6 Å². The highest BCUT2D eigenvalue weighted by atomic mass is 79.9. The van der Waals surface area contributed by atoms with Gasteiger partial charge in [0.2, 0.25) is 0 Å². The van der Waals surface area contributed by atoms with E-state index in [0.29, 0.717) is 15.7 Å². The first-order valence-electron chi connectivity index (χ1n) is 5.63. The van der Waals surface area contributed by atoms with Crippen molar-refractivity contribution < 1.29 is 9.72 Å². The summed E-state index contributed by atoms with van der Waals surface area (Å²) in [4.78, 5) is 22.2. The average Bonchev–Trinajstić information content (AvgIpc) is 2.28. The lowest BCUT2D eigenvalue weighted by atomic mass is 10.0. The van der Waals surface area contributed by atoms with Gasteiger partial charge in [0.05, 0.1) is 9.40 Å². The molecule has 1 aliphatic rings. The number of amides is 1. The van der Waals surface area contributed by atoms with Crippen molar-refractivity contribution >= 4 is 33.2 Å². The molecule has 0 saturated carbocycles. The van der Waals surface area contributed by atoms with Crippen LogP contribution in [-0.2, 0) is 4.79 Å². The predicted molar refractivity (Wildman–Crippen MR) is 75.0 cm³/mol. The molecule has 6 nitrogen and oxygen atoms in total. The lowest BCUT2D eigenvalue weighted by Gasteiger charge is -2.21. The maximum absolute atomic E-state index is 11.9. The molecule has 0 aromatic heterocycles. The number of hydrogen-bond acceptors (Lipinski definition) is 4. The third kappa shape index (κ3) is 2.99. The average molecular weight is 326 g/mol. The Bertz CT molecular complexity index is 578. The van der Waals surface area contributed by atoms with Crippen LogP contribution in [0.4, 0.5) is 11.4 Å². The van der Waals surface area contributed by atoms with Crippen LogP contribution in [0.15, 0.2) is 33.8 Å². The Morgan fingerprint density at radius 1 is 1.47 bits per heavy atom. The number of nitrogens with zero attached hydrogens (tertiary/aromatic N) is 1. The summed E-state index contributed by atoms with van der Waals surface area (Å²) < 4.78 is 0.383. The molecule has 1 aromatic carbocycles. The zero-order valence-corrected chi connectivity index (χ0v) is 11.8. The second-order valence-electron chi connectivity index (χ2n) is 4.21. The number of benzene rings is 1. The number of hydrogen-bond donors (Lipinski definition) is 2. The van der Waals surface area contributed by atoms with Gasteiger partial charge in [0.15, 0.2) is 0 Å². The van der Waals surface area contributed by atoms with E-state index >= 15 is 0 Å². The van der Waals surface area contributed by atoms with Crippen LogP contribution in [0.5, 0.6) is 0 Å². The van der Waals surface area contributed by atoms with E-state index in [0.717, 1.165) is 18.7 Å². The monoisotopic (exact) mass is 325 g/mol. The van der Waals surface area contributed by atoms with Gasteiger partial charge in [0, 0.05) is 30.4 Å². The Morgan fingerprint density at radius 3 is 2.68 bits per heavy atom. The maximum atomic E-state index is 11.9. The molecule has 1 saturated heterocycles. The van der Waals surface area contributed by atoms with Gasteiger partial charge in [-0.2, -0.15) is 0 Å². The molecule has 7 heteroatoms. The van der Waals surface area contributed by atoms with Crippen LogP contribution in [0.1, 0.15) is 6.92 Å². The summed E-state index contributed by atoms with van der Waals surface area (Å²) in [6.07, 6.45) is 0. The van der Waals surface area contributed by atoms with E-state index in [1.807, 2.05) is 0 Å². The predicted octanol–water partition coefficient (Wildman–Crippen LogP) is 2.22. The minimum absolute atomic E-state index is 0.0755. The van der Waals surface area contributed by atoms with E-state index in [4.69, 9.17) is 0 Å². The molecule has 100 valence electrons. The van der Waals surface area contributed by atoms with E-state index < -0.39 is 4.92 Å². The van der Waals surface area contributed by atoms with Gasteiger partial charge in [-0.25, -0.2) is 0 Å². The second-order valence-corrected chi connectivity index (χ2v) is 5.06. The van der Waals surface area contributed by atoms with Gasteiger partial charge in [0.25, 0.3) is 11.6 Å². The molecule has 0 bridgehead atoms. The van der Waals surface area contributed by atoms with Gasteiger partial charge < -0.3 is 10.6 Å². The van der Waals surface area contributed by atoms with E-state index in [1.54, 1.807) is 19.1 Å². The fourth-order valence-electron chi connectivity index (χ4n) is 1.63. The minimum atomic E-state index is -0.499. The smallest absolute Gasteiger partial charge is 0.285 e. The quantitative estimate of drug-likeness (QED) is 0.507. The Morgan fingerprint density at radius 2 is 2.16 bits per heavy atom. The fourth-order valence-corrected chi connectivity index (χ4v) is 2.02. The van der Waals surface area contributed by atoms with Crippen molar-refractivity contribution in [1.82, 2.24) is 5.32 Å². The van der Waals surface area contributed by atoms with Crippen molar-refractivity contribution in [3.8, 4) is 0 Å². The molecule has 0 atom stereocenters. The maximum Gasteiger partial charge on any atom is 0.285 e. The van der Waals surface area contributed by atoms with Gasteiger partial charge in [-0.1, -0.05) is 0 Å². The molecule has 0 unspecified atom stereocenters. The minimum Gasteiger partial charge on any atom is -0.322 e. The van der Waals surface area contributed by atoms with Crippen molar-refractivity contribution in [1.29, 1.82) is 0 Å². The number of carbonyl (C=O) groups excluding carboxylic acids is 1. The molecule has 1 fully saturated rings. The third-order valence-electron chi connectivity index (χ3n) is 2.95. The van der Waals surface area contributed by atoms with Crippen molar-refractivity contribution in [3.63, 3.8) is 0 Å². The van der Waals surface area contributed by atoms with Crippen molar-refractivity contribution in [2.45, 2.75) is 6.92 Å². The summed E-state index contributed by atoms with van der Waals surface area (Å²) in [6.45, 7) is 3.19. The number of carbonyl (C=O) groups is 1. The van der Waals surface area contributed by atoms with Crippen LogP contribution in [0.3, 0.4) is 0 Å². The van der Waals surface area contributed by atoms with E-state index in [-0.39, 0.29) is 11.6 Å². The highest BCUT2D eigenvalue weighted by molar-refractivity contribution is 9.10.